The summed E-state index contributed by atoms with van der Waals surface area (Å²) in [5.74, 6) is 0.114. The molecule has 1 atom stereocenters. The molecule has 0 spiro atoms. The zero-order valence-corrected chi connectivity index (χ0v) is 10.4. The van der Waals surface area contributed by atoms with Gasteiger partial charge in [-0.25, -0.2) is 8.42 Å². The number of halogens is 1. The van der Waals surface area contributed by atoms with Crippen molar-refractivity contribution in [3.8, 4) is 0 Å². The van der Waals surface area contributed by atoms with E-state index >= 15 is 0 Å². The van der Waals surface area contributed by atoms with Crippen molar-refractivity contribution in [3.05, 3.63) is 23.2 Å². The Bertz CT molecular complexity index is 502. The molecule has 1 unspecified atom stereocenters. The quantitative estimate of drug-likeness (QED) is 0.837. The Kier molecular flexibility index (Phi) is 3.10. The van der Waals surface area contributed by atoms with Gasteiger partial charge in [0.05, 0.1) is 22.4 Å². The Labute approximate surface area is 99.9 Å². The van der Waals surface area contributed by atoms with E-state index in [1.807, 2.05) is 0 Å². The lowest BCUT2D eigenvalue weighted by molar-refractivity contribution is 0.580. The van der Waals surface area contributed by atoms with Crippen LogP contribution in [0.5, 0.6) is 0 Å². The maximum absolute atomic E-state index is 12.0. The highest BCUT2D eigenvalue weighted by atomic mass is 35.5. The van der Waals surface area contributed by atoms with Crippen molar-refractivity contribution < 1.29 is 8.42 Å². The third-order valence-corrected chi connectivity index (χ3v) is 4.61. The van der Waals surface area contributed by atoms with Gasteiger partial charge < -0.3 is 10.6 Å². The molecule has 2 rings (SSSR count). The molecule has 1 aliphatic rings. The summed E-state index contributed by atoms with van der Waals surface area (Å²) in [6.45, 7) is 0.602. The molecule has 88 valence electrons. The Morgan fingerprint density at radius 1 is 1.56 bits per heavy atom. The van der Waals surface area contributed by atoms with Gasteiger partial charge in [-0.3, -0.25) is 0 Å². The topological polar surface area (TPSA) is 58.2 Å². The van der Waals surface area contributed by atoms with Crippen LogP contribution < -0.4 is 10.6 Å². The first-order chi connectivity index (χ1) is 7.53. The third-order valence-electron chi connectivity index (χ3n) is 2.51. The number of fused-ring (bicyclic) bond motifs is 1. The molecule has 1 aromatic rings. The summed E-state index contributed by atoms with van der Waals surface area (Å²) in [6, 6.07) is 4.69. The van der Waals surface area contributed by atoms with Crippen LogP contribution >= 0.6 is 11.6 Å². The van der Waals surface area contributed by atoms with E-state index in [1.54, 1.807) is 25.2 Å². The Hall–Kier alpha value is -0.780. The number of hydrogen-bond acceptors (Lipinski definition) is 4. The Balaban J connectivity index is 2.44. The first-order valence-corrected chi connectivity index (χ1v) is 6.99. The van der Waals surface area contributed by atoms with Crippen molar-refractivity contribution in [2.75, 3.05) is 24.7 Å². The maximum atomic E-state index is 12.0. The van der Waals surface area contributed by atoms with Crippen LogP contribution in [0.15, 0.2) is 23.1 Å². The molecule has 0 aromatic heterocycles. The average Bonchev–Trinajstić information content (AvgIpc) is 2.15. The minimum atomic E-state index is -3.19. The van der Waals surface area contributed by atoms with E-state index in [-0.39, 0.29) is 11.8 Å². The van der Waals surface area contributed by atoms with Crippen molar-refractivity contribution in [3.63, 3.8) is 0 Å². The number of rotatable bonds is 2. The van der Waals surface area contributed by atoms with E-state index in [0.717, 1.165) is 0 Å². The number of anilines is 1. The summed E-state index contributed by atoms with van der Waals surface area (Å²) in [5, 5.41) is 6.66. The highest BCUT2D eigenvalue weighted by molar-refractivity contribution is 7.91. The van der Waals surface area contributed by atoms with Crippen LogP contribution in [0, 0.1) is 0 Å². The fourth-order valence-electron chi connectivity index (χ4n) is 1.86. The van der Waals surface area contributed by atoms with Gasteiger partial charge in [0.2, 0.25) is 0 Å². The molecule has 0 radical (unpaired) electrons. The number of hydrogen-bond donors (Lipinski definition) is 2. The summed E-state index contributed by atoms with van der Waals surface area (Å²) in [4.78, 5) is 0.337. The second-order valence-electron chi connectivity index (χ2n) is 3.82. The van der Waals surface area contributed by atoms with Crippen molar-refractivity contribution in [2.45, 2.75) is 10.9 Å². The molecule has 6 heteroatoms. The van der Waals surface area contributed by atoms with Gasteiger partial charge in [0, 0.05) is 11.6 Å². The second kappa shape index (κ2) is 4.24. The Morgan fingerprint density at radius 2 is 2.31 bits per heavy atom. The SMILES string of the molecule is CNCC1CS(=O)(=O)c2ccc(Cl)cc2N1. The first kappa shape index (κ1) is 11.7. The summed E-state index contributed by atoms with van der Waals surface area (Å²) in [5.41, 5.74) is 0.596. The van der Waals surface area contributed by atoms with Crippen molar-refractivity contribution in [2.24, 2.45) is 0 Å². The molecule has 0 fully saturated rings. The Morgan fingerprint density at radius 3 is 3.00 bits per heavy atom. The van der Waals surface area contributed by atoms with Gasteiger partial charge in [-0.1, -0.05) is 11.6 Å². The molecule has 2 N–H and O–H groups in total. The molecule has 0 bridgehead atoms. The number of nitrogens with one attached hydrogen (secondary N) is 2. The van der Waals surface area contributed by atoms with Gasteiger partial charge in [0.15, 0.2) is 9.84 Å². The lowest BCUT2D eigenvalue weighted by Crippen LogP contribution is -2.40. The summed E-state index contributed by atoms with van der Waals surface area (Å²) in [7, 11) is -1.40. The summed E-state index contributed by atoms with van der Waals surface area (Å²) in [6.07, 6.45) is 0. The van der Waals surface area contributed by atoms with Gasteiger partial charge in [0.25, 0.3) is 0 Å². The minimum Gasteiger partial charge on any atom is -0.379 e. The normalized spacial score (nSPS) is 22.2. The second-order valence-corrected chi connectivity index (χ2v) is 6.26. The largest absolute Gasteiger partial charge is 0.379 e. The van der Waals surface area contributed by atoms with Gasteiger partial charge in [-0.15, -0.1) is 0 Å². The van der Waals surface area contributed by atoms with Crippen LogP contribution in [0.4, 0.5) is 5.69 Å². The van der Waals surface area contributed by atoms with Crippen LogP contribution in [0.2, 0.25) is 5.02 Å². The molecule has 1 heterocycles. The van der Waals surface area contributed by atoms with E-state index in [9.17, 15) is 8.42 Å². The highest BCUT2D eigenvalue weighted by Crippen LogP contribution is 2.30. The molecule has 1 aliphatic heterocycles. The van der Waals surface area contributed by atoms with E-state index < -0.39 is 9.84 Å². The average molecular weight is 261 g/mol. The number of likely N-dealkylation sites (N-methyl/N-ethyl adjacent to an activating group) is 1. The van der Waals surface area contributed by atoms with E-state index in [1.165, 1.54) is 0 Å². The van der Waals surface area contributed by atoms with E-state index in [4.69, 9.17) is 11.6 Å². The third kappa shape index (κ3) is 2.16. The molecule has 0 aliphatic carbocycles. The first-order valence-electron chi connectivity index (χ1n) is 4.96. The van der Waals surface area contributed by atoms with Crippen molar-refractivity contribution >= 4 is 27.1 Å². The fourth-order valence-corrected chi connectivity index (χ4v) is 3.67. The van der Waals surface area contributed by atoms with Crippen molar-refractivity contribution in [1.29, 1.82) is 0 Å². The van der Waals surface area contributed by atoms with E-state index in [2.05, 4.69) is 10.6 Å². The van der Waals surface area contributed by atoms with Gasteiger partial charge in [-0.05, 0) is 25.2 Å². The zero-order valence-electron chi connectivity index (χ0n) is 8.83. The van der Waals surface area contributed by atoms with E-state index in [0.29, 0.717) is 22.2 Å². The lowest BCUT2D eigenvalue weighted by atomic mass is 10.2. The molecule has 4 nitrogen and oxygen atoms in total. The van der Waals surface area contributed by atoms with Crippen LogP contribution in [0.3, 0.4) is 0 Å². The summed E-state index contributed by atoms with van der Waals surface area (Å²) >= 11 is 5.84. The molecule has 16 heavy (non-hydrogen) atoms. The fraction of sp³-hybridized carbons (Fsp3) is 0.400. The van der Waals surface area contributed by atoms with Gasteiger partial charge in [0.1, 0.15) is 0 Å². The van der Waals surface area contributed by atoms with Crippen molar-refractivity contribution in [1.82, 2.24) is 5.32 Å². The zero-order chi connectivity index (χ0) is 11.8. The predicted molar refractivity (Wildman–Crippen MR) is 64.8 cm³/mol. The molecule has 0 amide bonds. The molecule has 1 aromatic carbocycles. The van der Waals surface area contributed by atoms with Gasteiger partial charge >= 0.3 is 0 Å². The lowest BCUT2D eigenvalue weighted by Gasteiger charge is -2.26. The molecular weight excluding hydrogens is 248 g/mol. The number of benzene rings is 1. The van der Waals surface area contributed by atoms with Gasteiger partial charge in [-0.2, -0.15) is 0 Å². The molecule has 0 saturated carbocycles. The van der Waals surface area contributed by atoms with Crippen LogP contribution in [0.1, 0.15) is 0 Å². The van der Waals surface area contributed by atoms with Crippen LogP contribution in [0.25, 0.3) is 0 Å². The maximum Gasteiger partial charge on any atom is 0.182 e. The van der Waals surface area contributed by atoms with Crippen LogP contribution in [-0.2, 0) is 9.84 Å². The predicted octanol–water partition coefficient (Wildman–Crippen LogP) is 1.13. The highest BCUT2D eigenvalue weighted by Gasteiger charge is 2.29. The molecular formula is C10H13ClN2O2S. The number of sulfone groups is 1. The monoisotopic (exact) mass is 260 g/mol. The standard InChI is InChI=1S/C10H13ClN2O2S/c1-12-5-8-6-16(14,15)10-3-2-7(11)4-9(10)13-8/h2-4,8,12-13H,5-6H2,1H3. The van der Waals surface area contributed by atoms with Crippen LogP contribution in [-0.4, -0.2) is 33.8 Å². The smallest absolute Gasteiger partial charge is 0.182 e. The molecule has 0 saturated heterocycles. The summed E-state index contributed by atoms with van der Waals surface area (Å²) < 4.78 is 23.9. The minimum absolute atomic E-state index is 0.110.